The fourth-order valence-electron chi connectivity index (χ4n) is 9.41. The number of pyridine rings is 1. The maximum atomic E-state index is 14.5. The van der Waals surface area contributed by atoms with Gasteiger partial charge in [-0.25, -0.2) is 9.97 Å². The van der Waals surface area contributed by atoms with E-state index in [4.69, 9.17) is 14.7 Å². The molecule has 2 saturated carbocycles. The van der Waals surface area contributed by atoms with Crippen molar-refractivity contribution >= 4 is 28.4 Å². The van der Waals surface area contributed by atoms with Crippen LogP contribution in [0.25, 0.3) is 22.3 Å². The summed E-state index contributed by atoms with van der Waals surface area (Å²) in [6.45, 7) is 10.4. The number of nitrogens with one attached hydrogen (secondary N) is 2. The Balaban J connectivity index is 1.07. The minimum absolute atomic E-state index is 0.281. The molecule has 0 atom stereocenters. The zero-order valence-electron chi connectivity index (χ0n) is 26.9. The van der Waals surface area contributed by atoms with Crippen LogP contribution >= 0.6 is 0 Å². The molecule has 9 rings (SSSR count). The van der Waals surface area contributed by atoms with E-state index in [9.17, 15) is 4.79 Å². The van der Waals surface area contributed by atoms with Crippen LogP contribution in [0.3, 0.4) is 0 Å². The molecule has 0 radical (unpaired) electrons. The van der Waals surface area contributed by atoms with E-state index in [1.807, 2.05) is 6.33 Å². The lowest BCUT2D eigenvalue weighted by Crippen LogP contribution is -2.58. The summed E-state index contributed by atoms with van der Waals surface area (Å²) in [4.78, 5) is 29.5. The van der Waals surface area contributed by atoms with Gasteiger partial charge in [-0.2, -0.15) is 0 Å². The number of piperidine rings is 2. The Bertz CT molecular complexity index is 1620. The topological polar surface area (TPSA) is 87.6 Å². The molecule has 2 aromatic heterocycles. The maximum absolute atomic E-state index is 14.5. The van der Waals surface area contributed by atoms with Gasteiger partial charge in [0.05, 0.1) is 36.2 Å². The van der Waals surface area contributed by atoms with Crippen LogP contribution in [0.15, 0.2) is 30.6 Å². The highest BCUT2D eigenvalue weighted by Crippen LogP contribution is 2.52. The number of benzene rings is 1. The van der Waals surface area contributed by atoms with Gasteiger partial charge >= 0.3 is 0 Å². The third kappa shape index (κ3) is 4.40. The molecular formula is C36H47N7O2. The Hall–Kier alpha value is -3.01. The second-order valence-corrected chi connectivity index (χ2v) is 15.3. The van der Waals surface area contributed by atoms with E-state index < -0.39 is 5.41 Å². The Labute approximate surface area is 266 Å². The maximum Gasteiger partial charge on any atom is 0.238 e. The molecule has 4 aliphatic heterocycles. The van der Waals surface area contributed by atoms with Crippen molar-refractivity contribution in [3.63, 3.8) is 0 Å². The first-order valence-corrected chi connectivity index (χ1v) is 17.6. The third-order valence-electron chi connectivity index (χ3n) is 12.1. The fraction of sp³-hybridized carbons (Fsp3) is 0.639. The number of hydrogen-bond acceptors (Lipinski definition) is 7. The molecule has 238 valence electrons. The monoisotopic (exact) mass is 609 g/mol. The number of likely N-dealkylation sites (tertiary alicyclic amines) is 1. The number of aromatic nitrogens is 3. The van der Waals surface area contributed by atoms with Crippen LogP contribution in [0, 0.1) is 5.41 Å². The van der Waals surface area contributed by atoms with E-state index in [0.717, 1.165) is 98.6 Å². The number of imidazole rings is 1. The molecule has 9 heteroatoms. The van der Waals surface area contributed by atoms with Gasteiger partial charge in [-0.15, -0.1) is 0 Å². The quantitative estimate of drug-likeness (QED) is 0.395. The molecule has 0 bridgehead atoms. The van der Waals surface area contributed by atoms with E-state index in [1.165, 1.54) is 37.9 Å². The van der Waals surface area contributed by atoms with Crippen LogP contribution in [0.1, 0.15) is 83.2 Å². The first-order chi connectivity index (χ1) is 21.9. The number of ether oxygens (including phenoxy) is 1. The lowest BCUT2D eigenvalue weighted by Gasteiger charge is -2.53. The number of carbonyl (C=O) groups excluding carboxylic acids is 1. The standard InChI is InChI=1S/C36H47N7O2/c1-23(2)42-22-38-30-17-29(40-33(32(30)42)39-25-18-35(19-25)20-45-21-35)24-6-7-28-31(14-24)43(34(44)36(28)8-10-37-11-9-36)27-15-26(16-27)41-12-4-3-5-13-41/h6-7,14,17,22-23,25-27,37H,3-5,8-13,15-16,18-21H2,1-2H3,(H,39,40)/t26-,27+. The van der Waals surface area contributed by atoms with E-state index in [-0.39, 0.29) is 12.1 Å². The summed E-state index contributed by atoms with van der Waals surface area (Å²) < 4.78 is 7.76. The highest BCUT2D eigenvalue weighted by molar-refractivity contribution is 6.09. The summed E-state index contributed by atoms with van der Waals surface area (Å²) in [6.07, 6.45) is 12.1. The second-order valence-electron chi connectivity index (χ2n) is 15.3. The van der Waals surface area contributed by atoms with E-state index in [2.05, 4.69) is 63.1 Å². The van der Waals surface area contributed by atoms with Crippen LogP contribution in [0.5, 0.6) is 0 Å². The van der Waals surface area contributed by atoms with Crippen LogP contribution in [0.4, 0.5) is 11.5 Å². The van der Waals surface area contributed by atoms with E-state index >= 15 is 0 Å². The van der Waals surface area contributed by atoms with Gasteiger partial charge in [0.1, 0.15) is 5.52 Å². The van der Waals surface area contributed by atoms with Gasteiger partial charge in [-0.05, 0) is 109 Å². The molecule has 2 aliphatic carbocycles. The van der Waals surface area contributed by atoms with Crippen LogP contribution in [0.2, 0.25) is 0 Å². The molecule has 9 nitrogen and oxygen atoms in total. The van der Waals surface area contributed by atoms with Gasteiger partial charge in [0.15, 0.2) is 5.82 Å². The minimum atomic E-state index is -0.402. The number of hydrogen-bond donors (Lipinski definition) is 2. The zero-order valence-corrected chi connectivity index (χ0v) is 26.9. The Morgan fingerprint density at radius 1 is 1.02 bits per heavy atom. The predicted molar refractivity (Wildman–Crippen MR) is 177 cm³/mol. The average Bonchev–Trinajstić information content (AvgIpc) is 3.52. The first-order valence-electron chi connectivity index (χ1n) is 17.6. The molecule has 0 unspecified atom stereocenters. The molecule has 1 aromatic carbocycles. The van der Waals surface area contributed by atoms with E-state index in [1.54, 1.807) is 0 Å². The summed E-state index contributed by atoms with van der Waals surface area (Å²) in [5.41, 5.74) is 6.34. The number of carbonyl (C=O) groups is 1. The van der Waals surface area contributed by atoms with Crippen LogP contribution in [-0.4, -0.2) is 82.9 Å². The van der Waals surface area contributed by atoms with Crippen molar-refractivity contribution in [1.82, 2.24) is 24.8 Å². The number of nitrogens with zero attached hydrogens (tertiary/aromatic N) is 5. The van der Waals surface area contributed by atoms with Crippen molar-refractivity contribution in [2.24, 2.45) is 5.41 Å². The lowest BCUT2D eigenvalue weighted by molar-refractivity contribution is -0.159. The summed E-state index contributed by atoms with van der Waals surface area (Å²) in [6, 6.07) is 10.5. The SMILES string of the molecule is CC(C)n1cnc2cc(-c3ccc4c(c3)N([C@H]3C[C@@H](N5CCCCC5)C3)C(=O)C43CCNCC3)nc(NC3CC4(COC4)C3)c21. The van der Waals surface area contributed by atoms with Crippen LogP contribution in [-0.2, 0) is 14.9 Å². The van der Waals surface area contributed by atoms with Gasteiger partial charge in [-0.3, -0.25) is 4.79 Å². The van der Waals surface area contributed by atoms with Crippen LogP contribution < -0.4 is 15.5 Å². The molecule has 6 heterocycles. The summed E-state index contributed by atoms with van der Waals surface area (Å²) in [5.74, 6) is 1.25. The highest BCUT2D eigenvalue weighted by Gasteiger charge is 2.55. The van der Waals surface area contributed by atoms with Crippen molar-refractivity contribution < 1.29 is 9.53 Å². The second kappa shape index (κ2) is 10.5. The number of fused-ring (bicyclic) bond motifs is 3. The normalized spacial score (nSPS) is 27.5. The van der Waals surface area contributed by atoms with Crippen molar-refractivity contribution in [3.05, 3.63) is 36.2 Å². The lowest BCUT2D eigenvalue weighted by atomic mass is 9.64. The molecule has 2 spiro atoms. The van der Waals surface area contributed by atoms with Crippen molar-refractivity contribution in [2.45, 2.75) is 101 Å². The smallest absolute Gasteiger partial charge is 0.238 e. The summed E-state index contributed by atoms with van der Waals surface area (Å²) >= 11 is 0. The Morgan fingerprint density at radius 3 is 2.51 bits per heavy atom. The number of rotatable bonds is 6. The van der Waals surface area contributed by atoms with Gasteiger partial charge in [-0.1, -0.05) is 18.6 Å². The van der Waals surface area contributed by atoms with Gasteiger partial charge in [0.25, 0.3) is 0 Å². The van der Waals surface area contributed by atoms with E-state index in [0.29, 0.717) is 23.4 Å². The van der Waals surface area contributed by atoms with Gasteiger partial charge < -0.3 is 29.7 Å². The molecule has 3 aromatic rings. The predicted octanol–water partition coefficient (Wildman–Crippen LogP) is 5.25. The van der Waals surface area contributed by atoms with Gasteiger partial charge in [0, 0.05) is 40.8 Å². The molecule has 5 fully saturated rings. The first kappa shape index (κ1) is 28.2. The van der Waals surface area contributed by atoms with Crippen molar-refractivity contribution in [2.75, 3.05) is 49.6 Å². The largest absolute Gasteiger partial charge is 0.380 e. The highest BCUT2D eigenvalue weighted by atomic mass is 16.5. The minimum Gasteiger partial charge on any atom is -0.380 e. The molecule has 3 saturated heterocycles. The summed E-state index contributed by atoms with van der Waals surface area (Å²) in [5, 5.41) is 7.33. The molecule has 2 N–H and O–H groups in total. The van der Waals surface area contributed by atoms with Gasteiger partial charge in [0.2, 0.25) is 5.91 Å². The Morgan fingerprint density at radius 2 is 1.80 bits per heavy atom. The molecule has 6 aliphatic rings. The Kier molecular flexibility index (Phi) is 6.59. The fourth-order valence-corrected chi connectivity index (χ4v) is 9.41. The summed E-state index contributed by atoms with van der Waals surface area (Å²) in [7, 11) is 0. The molecule has 45 heavy (non-hydrogen) atoms. The van der Waals surface area contributed by atoms with Crippen molar-refractivity contribution in [3.8, 4) is 11.3 Å². The number of anilines is 2. The van der Waals surface area contributed by atoms with Crippen molar-refractivity contribution in [1.29, 1.82) is 0 Å². The third-order valence-corrected chi connectivity index (χ3v) is 12.1. The number of amides is 1. The molecule has 1 amide bonds. The average molecular weight is 610 g/mol. The molecular weight excluding hydrogens is 562 g/mol. The zero-order chi connectivity index (χ0) is 30.3.